The van der Waals surface area contributed by atoms with Crippen LogP contribution in [-0.2, 0) is 31.5 Å². The van der Waals surface area contributed by atoms with Crippen LogP contribution in [0.5, 0.6) is 0 Å². The maximum absolute atomic E-state index is 11.2. The maximum atomic E-state index is 11.2. The van der Waals surface area contributed by atoms with Gasteiger partial charge in [-0.15, -0.1) is 0 Å². The summed E-state index contributed by atoms with van der Waals surface area (Å²) >= 11 is 0. The van der Waals surface area contributed by atoms with Gasteiger partial charge in [-0.25, -0.2) is 4.89 Å². The second kappa shape index (κ2) is 10.7. The van der Waals surface area contributed by atoms with Crippen LogP contribution in [0.4, 0.5) is 0 Å². The van der Waals surface area contributed by atoms with E-state index in [1.165, 1.54) is 5.56 Å². The highest BCUT2D eigenvalue weighted by molar-refractivity contribution is 5.50. The molecule has 0 amide bonds. The van der Waals surface area contributed by atoms with Gasteiger partial charge >= 0.3 is 0 Å². The molecule has 0 heterocycles. The molecular weight excluding hydrogens is 364 g/mol. The van der Waals surface area contributed by atoms with Crippen LogP contribution in [0.3, 0.4) is 0 Å². The molecule has 4 heteroatoms. The quantitative estimate of drug-likeness (QED) is 0.198. The van der Waals surface area contributed by atoms with Gasteiger partial charge in [0.2, 0.25) is 0 Å². The zero-order valence-electron chi connectivity index (χ0n) is 16.6. The first-order valence-electron chi connectivity index (χ1n) is 9.76. The minimum Gasteiger partial charge on any atom is -0.344 e. The van der Waals surface area contributed by atoms with E-state index < -0.39 is 5.79 Å². The van der Waals surface area contributed by atoms with Crippen LogP contribution in [0.25, 0.3) is 0 Å². The maximum Gasteiger partial charge on any atom is 0.253 e. The monoisotopic (exact) mass is 390 g/mol. The summed E-state index contributed by atoms with van der Waals surface area (Å²) in [6.45, 7) is 0. The summed E-state index contributed by atoms with van der Waals surface area (Å²) in [5, 5.41) is 0. The number of methoxy groups -OCH3 is 1. The van der Waals surface area contributed by atoms with Gasteiger partial charge in [0.15, 0.2) is 0 Å². The number of aryl methyl sites for hydroxylation is 1. The Bertz CT molecular complexity index is 810. The van der Waals surface area contributed by atoms with Crippen molar-refractivity contribution in [2.75, 3.05) is 7.11 Å². The average molecular weight is 390 g/mol. The molecular formula is C25H26O4. The molecule has 3 aromatic rings. The fourth-order valence-corrected chi connectivity index (χ4v) is 3.27. The van der Waals surface area contributed by atoms with Gasteiger partial charge in [0.05, 0.1) is 0 Å². The van der Waals surface area contributed by atoms with Crippen molar-refractivity contribution in [2.45, 2.75) is 31.2 Å². The van der Waals surface area contributed by atoms with Gasteiger partial charge in [0.25, 0.3) is 5.79 Å². The third-order valence-electron chi connectivity index (χ3n) is 4.85. The Hall–Kier alpha value is -2.79. The molecule has 0 aliphatic rings. The van der Waals surface area contributed by atoms with Crippen LogP contribution in [0.2, 0.25) is 0 Å². The topological polar surface area (TPSA) is 44.8 Å². The highest BCUT2D eigenvalue weighted by Gasteiger charge is 2.38. The lowest BCUT2D eigenvalue weighted by atomic mass is 9.97. The summed E-state index contributed by atoms with van der Waals surface area (Å²) in [7, 11) is 1.59. The molecule has 0 bridgehead atoms. The van der Waals surface area contributed by atoms with Crippen molar-refractivity contribution in [3.63, 3.8) is 0 Å². The SMILES string of the molecule is COC(OOC(CC=O)CCc1ccccc1)(c1ccccc1)c1ccccc1. The Kier molecular flexibility index (Phi) is 7.70. The molecule has 1 unspecified atom stereocenters. The van der Waals surface area contributed by atoms with Crippen molar-refractivity contribution in [3.8, 4) is 0 Å². The smallest absolute Gasteiger partial charge is 0.253 e. The third-order valence-corrected chi connectivity index (χ3v) is 4.85. The molecule has 0 aromatic heterocycles. The van der Waals surface area contributed by atoms with Crippen LogP contribution < -0.4 is 0 Å². The van der Waals surface area contributed by atoms with Gasteiger partial charge in [-0.05, 0) is 18.4 Å². The minimum atomic E-state index is -1.23. The molecule has 150 valence electrons. The second-order valence-electron chi connectivity index (χ2n) is 6.78. The fourth-order valence-electron chi connectivity index (χ4n) is 3.27. The van der Waals surface area contributed by atoms with Crippen LogP contribution in [0.15, 0.2) is 91.0 Å². The Balaban J connectivity index is 1.80. The third kappa shape index (κ3) is 5.39. The average Bonchev–Trinajstić information content (AvgIpc) is 2.80. The van der Waals surface area contributed by atoms with E-state index in [9.17, 15) is 4.79 Å². The zero-order chi connectivity index (χ0) is 20.4. The highest BCUT2D eigenvalue weighted by atomic mass is 17.2. The molecule has 1 atom stereocenters. The van der Waals surface area contributed by atoms with Gasteiger partial charge in [0, 0.05) is 24.7 Å². The van der Waals surface area contributed by atoms with E-state index in [0.29, 0.717) is 6.42 Å². The van der Waals surface area contributed by atoms with Crippen molar-refractivity contribution >= 4 is 6.29 Å². The standard InChI is InChI=1S/C25H26O4/c1-27-25(22-13-7-3-8-14-22,23-15-9-4-10-16-23)29-28-24(19-20-26)18-17-21-11-5-2-6-12-21/h2-16,20,24H,17-19H2,1H3. The predicted molar refractivity (Wildman–Crippen MR) is 112 cm³/mol. The summed E-state index contributed by atoms with van der Waals surface area (Å²) < 4.78 is 5.87. The van der Waals surface area contributed by atoms with Gasteiger partial charge in [-0.2, -0.15) is 4.89 Å². The van der Waals surface area contributed by atoms with Crippen LogP contribution >= 0.6 is 0 Å². The van der Waals surface area contributed by atoms with Gasteiger partial charge in [-0.3, -0.25) is 0 Å². The van der Waals surface area contributed by atoms with Gasteiger partial charge in [-0.1, -0.05) is 91.0 Å². The van der Waals surface area contributed by atoms with Crippen molar-refractivity contribution < 1.29 is 19.3 Å². The first-order chi connectivity index (χ1) is 14.3. The highest BCUT2D eigenvalue weighted by Crippen LogP contribution is 2.35. The molecule has 29 heavy (non-hydrogen) atoms. The lowest BCUT2D eigenvalue weighted by Crippen LogP contribution is -2.35. The largest absolute Gasteiger partial charge is 0.344 e. The van der Waals surface area contributed by atoms with Crippen molar-refractivity contribution in [2.24, 2.45) is 0 Å². The number of benzene rings is 3. The summed E-state index contributed by atoms with van der Waals surface area (Å²) in [6.07, 6.45) is 2.18. The molecule has 0 saturated heterocycles. The normalized spacial score (nSPS) is 12.4. The van der Waals surface area contributed by atoms with E-state index in [1.54, 1.807) is 7.11 Å². The zero-order valence-corrected chi connectivity index (χ0v) is 16.6. The number of hydrogen-bond acceptors (Lipinski definition) is 4. The lowest BCUT2D eigenvalue weighted by molar-refractivity contribution is -0.435. The molecule has 0 N–H and O–H groups in total. The first kappa shape index (κ1) is 20.9. The number of carbonyl (C=O) groups is 1. The van der Waals surface area contributed by atoms with E-state index in [1.807, 2.05) is 78.9 Å². The molecule has 0 aliphatic heterocycles. The van der Waals surface area contributed by atoms with Crippen molar-refractivity contribution in [3.05, 3.63) is 108 Å². The van der Waals surface area contributed by atoms with E-state index >= 15 is 0 Å². The van der Waals surface area contributed by atoms with Crippen LogP contribution in [-0.4, -0.2) is 19.5 Å². The predicted octanol–water partition coefficient (Wildman–Crippen LogP) is 5.07. The Labute approximate surface area is 172 Å². The number of rotatable bonds is 11. The molecule has 0 saturated carbocycles. The Morgan fingerprint density at radius 2 is 1.34 bits per heavy atom. The number of carbonyl (C=O) groups excluding carboxylic acids is 1. The first-order valence-corrected chi connectivity index (χ1v) is 9.76. The number of hydrogen-bond donors (Lipinski definition) is 0. The molecule has 0 aliphatic carbocycles. The summed E-state index contributed by atoms with van der Waals surface area (Å²) in [6, 6.07) is 29.4. The van der Waals surface area contributed by atoms with Crippen LogP contribution in [0, 0.1) is 0 Å². The Morgan fingerprint density at radius 1 is 0.828 bits per heavy atom. The Morgan fingerprint density at radius 3 is 1.83 bits per heavy atom. The van der Waals surface area contributed by atoms with Gasteiger partial charge < -0.3 is 9.53 Å². The molecule has 0 spiro atoms. The molecule has 3 aromatic carbocycles. The van der Waals surface area contributed by atoms with Crippen molar-refractivity contribution in [1.82, 2.24) is 0 Å². The van der Waals surface area contributed by atoms with Crippen LogP contribution in [0.1, 0.15) is 29.5 Å². The fraction of sp³-hybridized carbons (Fsp3) is 0.240. The van der Waals surface area contributed by atoms with Gasteiger partial charge in [0.1, 0.15) is 12.4 Å². The number of ether oxygens (including phenoxy) is 1. The number of aldehydes is 1. The second-order valence-corrected chi connectivity index (χ2v) is 6.78. The van der Waals surface area contributed by atoms with E-state index in [2.05, 4.69) is 12.1 Å². The van der Waals surface area contributed by atoms with E-state index in [-0.39, 0.29) is 12.5 Å². The molecule has 0 fully saturated rings. The minimum absolute atomic E-state index is 0.246. The van der Waals surface area contributed by atoms with E-state index in [4.69, 9.17) is 14.5 Å². The summed E-state index contributed by atoms with van der Waals surface area (Å²) in [5.41, 5.74) is 2.80. The lowest BCUT2D eigenvalue weighted by Gasteiger charge is -2.33. The molecule has 3 rings (SSSR count). The van der Waals surface area contributed by atoms with E-state index in [0.717, 1.165) is 23.8 Å². The molecule has 4 nitrogen and oxygen atoms in total. The summed E-state index contributed by atoms with van der Waals surface area (Å²) in [4.78, 5) is 23.0. The molecule has 0 radical (unpaired) electrons. The van der Waals surface area contributed by atoms with Crippen molar-refractivity contribution in [1.29, 1.82) is 0 Å². The summed E-state index contributed by atoms with van der Waals surface area (Å²) in [5.74, 6) is -1.23.